The van der Waals surface area contributed by atoms with Gasteiger partial charge in [0.1, 0.15) is 17.7 Å². The van der Waals surface area contributed by atoms with Gasteiger partial charge in [-0.2, -0.15) is 0 Å². The maximum Gasteiger partial charge on any atom is 0.323 e. The number of rotatable bonds is 9. The lowest BCUT2D eigenvalue weighted by molar-refractivity contribution is -0.161. The maximum absolute atomic E-state index is 12.8. The lowest BCUT2D eigenvalue weighted by Gasteiger charge is -2.55. The van der Waals surface area contributed by atoms with Crippen LogP contribution in [0.25, 0.3) is 0 Å². The number of hydrogen-bond acceptors (Lipinski definition) is 7. The molecule has 3 N–H and O–H groups in total. The van der Waals surface area contributed by atoms with Crippen molar-refractivity contribution < 1.29 is 24.2 Å². The molecule has 1 fully saturated rings. The molecule has 2 amide bonds. The van der Waals surface area contributed by atoms with Crippen LogP contribution in [-0.2, 0) is 14.4 Å². The summed E-state index contributed by atoms with van der Waals surface area (Å²) in [4.78, 5) is 37.5. The van der Waals surface area contributed by atoms with E-state index in [2.05, 4.69) is 11.9 Å². The molecular weight excluding hydrogens is 402 g/mol. The molecule has 2 atom stereocenters. The Morgan fingerprint density at radius 2 is 2.00 bits per heavy atom. The van der Waals surface area contributed by atoms with Crippen molar-refractivity contribution in [3.8, 4) is 5.75 Å². The fraction of sp³-hybridized carbons (Fsp3) is 0.333. The third-order valence-electron chi connectivity index (χ3n) is 3.94. The zero-order valence-electron chi connectivity index (χ0n) is 15.4. The van der Waals surface area contributed by atoms with Crippen LogP contribution in [-0.4, -0.2) is 56.9 Å². The number of carbonyl (C=O) groups is 3. The highest BCUT2D eigenvalue weighted by Crippen LogP contribution is 2.47. The van der Waals surface area contributed by atoms with Crippen molar-refractivity contribution >= 4 is 44.4 Å². The first kappa shape index (κ1) is 21.8. The summed E-state index contributed by atoms with van der Waals surface area (Å²) in [6.45, 7) is 6.21. The highest BCUT2D eigenvalue weighted by molar-refractivity contribution is 8.82. The lowest BCUT2D eigenvalue weighted by atomic mass is 9.81. The highest BCUT2D eigenvalue weighted by atomic mass is 33.1. The Labute approximate surface area is 170 Å². The van der Waals surface area contributed by atoms with E-state index in [1.807, 2.05) is 6.07 Å². The minimum absolute atomic E-state index is 0.286. The minimum Gasteiger partial charge on any atom is -0.484 e. The van der Waals surface area contributed by atoms with Crippen molar-refractivity contribution in [2.45, 2.75) is 24.8 Å². The van der Waals surface area contributed by atoms with Gasteiger partial charge in [0, 0.05) is 0 Å². The van der Waals surface area contributed by atoms with E-state index in [1.165, 1.54) is 0 Å². The van der Waals surface area contributed by atoms with E-state index in [0.717, 1.165) is 26.5 Å². The Bertz CT molecular complexity index is 802. The van der Waals surface area contributed by atoms with Gasteiger partial charge in [0.2, 0.25) is 0 Å². The first-order chi connectivity index (χ1) is 13.2. The van der Waals surface area contributed by atoms with Crippen molar-refractivity contribution in [3.05, 3.63) is 42.5 Å². The second-order valence-electron chi connectivity index (χ2n) is 6.15. The van der Waals surface area contributed by atoms with Crippen molar-refractivity contribution in [1.29, 1.82) is 5.41 Å². The molecule has 0 aromatic heterocycles. The molecule has 0 saturated carbocycles. The van der Waals surface area contributed by atoms with Crippen LogP contribution < -0.4 is 10.1 Å². The Balaban J connectivity index is 2.17. The number of nitrogens with zero attached hydrogens (tertiary/aromatic N) is 1. The number of carboxylic acids is 1. The number of carboxylic acid groups (broad SMARTS) is 1. The van der Waals surface area contributed by atoms with Crippen molar-refractivity contribution in [2.24, 2.45) is 0 Å². The van der Waals surface area contributed by atoms with Crippen LogP contribution in [0.1, 0.15) is 13.8 Å². The molecule has 1 aliphatic heterocycles. The van der Waals surface area contributed by atoms with Gasteiger partial charge in [-0.05, 0) is 42.3 Å². The molecule has 1 aromatic rings. The summed E-state index contributed by atoms with van der Waals surface area (Å²) in [5, 5.41) is 18.9. The first-order valence-corrected chi connectivity index (χ1v) is 10.5. The van der Waals surface area contributed by atoms with Gasteiger partial charge in [0.05, 0.1) is 5.04 Å². The molecule has 0 bridgehead atoms. The van der Waals surface area contributed by atoms with Gasteiger partial charge in [0.15, 0.2) is 12.1 Å². The quantitative estimate of drug-likeness (QED) is 0.183. The highest BCUT2D eigenvalue weighted by Gasteiger charge is 2.63. The third-order valence-corrected chi connectivity index (χ3v) is 6.67. The Hall–Kier alpha value is -2.46. The van der Waals surface area contributed by atoms with Crippen LogP contribution in [0.4, 0.5) is 0 Å². The second kappa shape index (κ2) is 9.16. The Morgan fingerprint density at radius 1 is 1.36 bits per heavy atom. The topological polar surface area (TPSA) is 120 Å². The van der Waals surface area contributed by atoms with Gasteiger partial charge in [-0.1, -0.05) is 35.6 Å². The van der Waals surface area contributed by atoms with Gasteiger partial charge in [-0.15, -0.1) is 0 Å². The van der Waals surface area contributed by atoms with Crippen LogP contribution in [0.2, 0.25) is 0 Å². The van der Waals surface area contributed by atoms with E-state index in [4.69, 9.17) is 15.3 Å². The average molecular weight is 424 g/mol. The number of aliphatic carboxylic acids is 1. The largest absolute Gasteiger partial charge is 0.484 e. The zero-order valence-corrected chi connectivity index (χ0v) is 17.1. The molecule has 28 heavy (non-hydrogen) atoms. The normalized spacial score (nSPS) is 20.9. The van der Waals surface area contributed by atoms with Crippen molar-refractivity contribution in [3.63, 3.8) is 0 Å². The summed E-state index contributed by atoms with van der Waals surface area (Å²) in [5.41, 5.74) is -1.06. The smallest absolute Gasteiger partial charge is 0.323 e. The second-order valence-corrected chi connectivity index (χ2v) is 8.65. The van der Waals surface area contributed by atoms with Gasteiger partial charge in [0.25, 0.3) is 11.8 Å². The van der Waals surface area contributed by atoms with Crippen molar-refractivity contribution in [2.75, 3.05) is 13.2 Å². The third kappa shape index (κ3) is 4.68. The predicted molar refractivity (Wildman–Crippen MR) is 109 cm³/mol. The van der Waals surface area contributed by atoms with E-state index in [9.17, 15) is 14.4 Å². The van der Waals surface area contributed by atoms with Crippen molar-refractivity contribution in [1.82, 2.24) is 10.2 Å². The van der Waals surface area contributed by atoms with Gasteiger partial charge in [-0.3, -0.25) is 19.8 Å². The number of carbonyl (C=O) groups excluding carboxylic acids is 2. The van der Waals surface area contributed by atoms with Crippen LogP contribution in [0.3, 0.4) is 0 Å². The summed E-state index contributed by atoms with van der Waals surface area (Å²) < 4.78 is 5.42. The van der Waals surface area contributed by atoms with Gasteiger partial charge >= 0.3 is 5.97 Å². The van der Waals surface area contributed by atoms with Gasteiger partial charge in [-0.25, -0.2) is 0 Å². The van der Waals surface area contributed by atoms with E-state index in [-0.39, 0.29) is 11.7 Å². The zero-order chi connectivity index (χ0) is 20.9. The van der Waals surface area contributed by atoms with E-state index < -0.39 is 35.2 Å². The van der Waals surface area contributed by atoms with Crippen LogP contribution in [0.15, 0.2) is 42.5 Å². The lowest BCUT2D eigenvalue weighted by Crippen LogP contribution is -2.80. The molecule has 150 valence electrons. The fourth-order valence-corrected chi connectivity index (χ4v) is 5.15. The molecule has 1 aliphatic rings. The number of hydrogen-bond donors (Lipinski definition) is 3. The summed E-state index contributed by atoms with van der Waals surface area (Å²) in [6, 6.07) is 8.76. The molecule has 0 spiro atoms. The molecule has 1 heterocycles. The number of amides is 2. The Morgan fingerprint density at radius 3 is 2.54 bits per heavy atom. The predicted octanol–water partition coefficient (Wildman–Crippen LogP) is 2.13. The first-order valence-electron chi connectivity index (χ1n) is 8.24. The molecule has 2 rings (SSSR count). The van der Waals surface area contributed by atoms with Crippen LogP contribution in [0, 0.1) is 5.41 Å². The minimum atomic E-state index is -1.44. The number of likely N-dealkylation sites (tertiary alicyclic amines) is 1. The summed E-state index contributed by atoms with van der Waals surface area (Å²) in [6.07, 6.45) is 0. The summed E-state index contributed by atoms with van der Waals surface area (Å²) in [5.74, 6) is -1.73. The molecule has 10 heteroatoms. The monoisotopic (exact) mass is 423 g/mol. The molecular formula is C18H21N3O5S2. The Kier molecular flexibility index (Phi) is 7.14. The number of para-hydroxylation sites is 1. The number of ether oxygens (including phenoxy) is 1. The van der Waals surface area contributed by atoms with Crippen LogP contribution >= 0.6 is 21.6 Å². The van der Waals surface area contributed by atoms with E-state index in [1.54, 1.807) is 38.1 Å². The molecule has 8 nitrogen and oxygen atoms in total. The summed E-state index contributed by atoms with van der Waals surface area (Å²) >= 11 is 0. The molecule has 1 aromatic carbocycles. The van der Waals surface area contributed by atoms with Gasteiger partial charge < -0.3 is 20.1 Å². The number of benzene rings is 1. The van der Waals surface area contributed by atoms with Crippen LogP contribution in [0.5, 0.6) is 5.75 Å². The summed E-state index contributed by atoms with van der Waals surface area (Å²) in [7, 11) is 2.23. The molecule has 0 radical (unpaired) electrons. The number of nitrogens with one attached hydrogen (secondary N) is 2. The molecule has 2 unspecified atom stereocenters. The standard InChI is InChI=1S/C18H21N3O5S2/c1-11(2)18(20-14(22)10-26-13-7-5-4-6-8-13)16(25)21(9-15(23)24)17(18)28-27-12(3)19/h4-8,17,19H,1,9-10H2,2-3H3,(H,20,22)(H,23,24). The fourth-order valence-electron chi connectivity index (χ4n) is 2.69. The maximum atomic E-state index is 12.8. The van der Waals surface area contributed by atoms with E-state index >= 15 is 0 Å². The SMILES string of the molecule is C=C(C)C1(NC(=O)COc2ccccc2)C(=O)N(CC(=O)O)C1SSC(C)=N. The average Bonchev–Trinajstić information content (AvgIpc) is 2.64. The van der Waals surface area contributed by atoms with E-state index in [0.29, 0.717) is 11.3 Å². The molecule has 0 aliphatic carbocycles. The molecule has 1 saturated heterocycles. The number of β-lactam (4-membered cyclic amide) rings is 1.